The summed E-state index contributed by atoms with van der Waals surface area (Å²) in [5.74, 6) is 1.64. The van der Waals surface area contributed by atoms with Crippen LogP contribution >= 0.6 is 15.9 Å². The Kier molecular flexibility index (Phi) is 5.59. The first-order chi connectivity index (χ1) is 15.5. The second-order valence-corrected chi connectivity index (χ2v) is 9.36. The van der Waals surface area contributed by atoms with Gasteiger partial charge in [0.1, 0.15) is 11.6 Å². The van der Waals surface area contributed by atoms with Crippen molar-refractivity contribution in [3.05, 3.63) is 92.1 Å². The number of benzene rings is 2. The monoisotopic (exact) mass is 493 g/mol. The van der Waals surface area contributed by atoms with Crippen LogP contribution in [0.2, 0.25) is 0 Å². The molecule has 5 rings (SSSR count). The number of carbonyl (C=O) groups excluding carboxylic acids is 1. The number of carbonyl (C=O) groups is 1. The molecule has 2 aromatic carbocycles. The number of amides is 1. The predicted molar refractivity (Wildman–Crippen MR) is 125 cm³/mol. The number of hydrogen-bond acceptors (Lipinski definition) is 4. The molecule has 2 heterocycles. The molecule has 0 N–H and O–H groups in total. The lowest BCUT2D eigenvalue weighted by Crippen LogP contribution is -2.43. The first kappa shape index (κ1) is 20.9. The minimum absolute atomic E-state index is 0.0156. The van der Waals surface area contributed by atoms with E-state index in [1.54, 1.807) is 17.0 Å². The smallest absolute Gasteiger partial charge is 0.410 e. The number of aromatic nitrogens is 2. The highest BCUT2D eigenvalue weighted by atomic mass is 79.9. The van der Waals surface area contributed by atoms with E-state index in [9.17, 15) is 9.59 Å². The Balaban J connectivity index is 1.42. The Bertz CT molecular complexity index is 1200. The number of ether oxygens (including phenoxy) is 1. The lowest BCUT2D eigenvalue weighted by atomic mass is 10.0. The maximum absolute atomic E-state index is 13.6. The van der Waals surface area contributed by atoms with E-state index in [-0.39, 0.29) is 18.1 Å². The molecule has 1 unspecified atom stereocenters. The predicted octanol–water partition coefficient (Wildman–Crippen LogP) is 4.87. The quantitative estimate of drug-likeness (QED) is 0.519. The zero-order chi connectivity index (χ0) is 22.2. The van der Waals surface area contributed by atoms with Crippen LogP contribution in [0.3, 0.4) is 0 Å². The van der Waals surface area contributed by atoms with Crippen LogP contribution in [-0.4, -0.2) is 27.1 Å². The maximum Gasteiger partial charge on any atom is 0.415 e. The molecular formula is C25H24BrN3O3. The Labute approximate surface area is 195 Å². The van der Waals surface area contributed by atoms with Crippen molar-refractivity contribution in [2.45, 2.75) is 38.8 Å². The second-order valence-electron chi connectivity index (χ2n) is 8.45. The van der Waals surface area contributed by atoms with Gasteiger partial charge in [0.2, 0.25) is 0 Å². The number of fused-ring (bicyclic) bond motifs is 1. The van der Waals surface area contributed by atoms with Gasteiger partial charge in [-0.15, -0.1) is 0 Å². The number of hydrogen-bond donors (Lipinski definition) is 0. The fourth-order valence-electron chi connectivity index (χ4n) is 4.47. The van der Waals surface area contributed by atoms with Crippen molar-refractivity contribution < 1.29 is 9.53 Å². The summed E-state index contributed by atoms with van der Waals surface area (Å²) in [6.07, 6.45) is 2.29. The van der Waals surface area contributed by atoms with Crippen LogP contribution < -0.4 is 10.3 Å². The molecule has 1 aromatic heterocycles. The highest BCUT2D eigenvalue weighted by molar-refractivity contribution is 9.10. The van der Waals surface area contributed by atoms with E-state index in [0.717, 1.165) is 22.9 Å². The summed E-state index contributed by atoms with van der Waals surface area (Å²) >= 11 is 3.37. The first-order valence-corrected chi connectivity index (χ1v) is 11.7. The van der Waals surface area contributed by atoms with E-state index in [1.807, 2.05) is 41.8 Å². The maximum atomic E-state index is 13.6. The van der Waals surface area contributed by atoms with Gasteiger partial charge in [-0.05, 0) is 61.9 Å². The van der Waals surface area contributed by atoms with Crippen LogP contribution in [0.4, 0.5) is 4.79 Å². The molecule has 7 heteroatoms. The molecule has 0 saturated heterocycles. The topological polar surface area (TPSA) is 64.4 Å². The van der Waals surface area contributed by atoms with Gasteiger partial charge in [0, 0.05) is 16.6 Å². The average Bonchev–Trinajstić information content (AvgIpc) is 3.63. The molecule has 32 heavy (non-hydrogen) atoms. The summed E-state index contributed by atoms with van der Waals surface area (Å²) in [7, 11) is 0. The van der Waals surface area contributed by atoms with E-state index in [0.29, 0.717) is 41.7 Å². The fraction of sp³-hybridized carbons (Fsp3) is 0.320. The van der Waals surface area contributed by atoms with Gasteiger partial charge in [0.25, 0.3) is 5.56 Å². The van der Waals surface area contributed by atoms with Crippen molar-refractivity contribution >= 4 is 22.0 Å². The molecule has 1 aliphatic heterocycles. The largest absolute Gasteiger partial charge is 0.415 e. The van der Waals surface area contributed by atoms with E-state index >= 15 is 0 Å². The summed E-state index contributed by atoms with van der Waals surface area (Å²) < 4.78 is 8.29. The highest BCUT2D eigenvalue weighted by Gasteiger charge is 2.36. The van der Waals surface area contributed by atoms with E-state index in [1.165, 1.54) is 0 Å². The van der Waals surface area contributed by atoms with Gasteiger partial charge in [-0.25, -0.2) is 9.78 Å². The third-order valence-corrected chi connectivity index (χ3v) is 6.74. The van der Waals surface area contributed by atoms with Crippen molar-refractivity contribution in [1.29, 1.82) is 0 Å². The molecule has 1 fully saturated rings. The van der Waals surface area contributed by atoms with Gasteiger partial charge in [-0.2, -0.15) is 0 Å². The zero-order valence-electron chi connectivity index (χ0n) is 17.8. The molecule has 1 aliphatic carbocycles. The number of nitrogens with zero attached hydrogens (tertiary/aromatic N) is 3. The Morgan fingerprint density at radius 1 is 1.12 bits per heavy atom. The van der Waals surface area contributed by atoms with Crippen molar-refractivity contribution in [1.82, 2.24) is 14.5 Å². The summed E-state index contributed by atoms with van der Waals surface area (Å²) in [6, 6.07) is 17.4. The van der Waals surface area contributed by atoms with Crippen molar-refractivity contribution in [2.24, 2.45) is 5.92 Å². The summed E-state index contributed by atoms with van der Waals surface area (Å²) in [4.78, 5) is 32.6. The van der Waals surface area contributed by atoms with Crippen LogP contribution in [-0.2, 0) is 13.0 Å². The van der Waals surface area contributed by atoms with Crippen LogP contribution in [0, 0.1) is 12.8 Å². The van der Waals surface area contributed by atoms with Gasteiger partial charge < -0.3 is 9.64 Å². The van der Waals surface area contributed by atoms with Gasteiger partial charge in [0.15, 0.2) is 0 Å². The lowest BCUT2D eigenvalue weighted by molar-refractivity contribution is 0.145. The fourth-order valence-corrected chi connectivity index (χ4v) is 4.73. The Hall–Kier alpha value is -2.93. The third-order valence-electron chi connectivity index (χ3n) is 6.21. The highest BCUT2D eigenvalue weighted by Crippen LogP contribution is 2.43. The Morgan fingerprint density at radius 2 is 1.84 bits per heavy atom. The summed E-state index contributed by atoms with van der Waals surface area (Å²) in [6.45, 7) is 2.60. The molecule has 1 amide bonds. The van der Waals surface area contributed by atoms with Gasteiger partial charge >= 0.3 is 6.09 Å². The van der Waals surface area contributed by atoms with Crippen LogP contribution in [0.25, 0.3) is 0 Å². The molecule has 2 aliphatic rings. The molecule has 6 nitrogen and oxygen atoms in total. The number of aryl methyl sites for hydroxylation is 1. The van der Waals surface area contributed by atoms with Crippen LogP contribution in [0.1, 0.15) is 41.5 Å². The standard InChI is InChI=1S/C25H24BrN3O3/c1-16-27-22-15-28(25(31)32-20-11-9-19(26)10-12-20)14-13-21(22)24(30)29(16)23(18-7-8-18)17-5-3-2-4-6-17/h2-6,9-12,18,23H,7-8,13-15H2,1H3. The average molecular weight is 494 g/mol. The minimum Gasteiger partial charge on any atom is -0.410 e. The molecule has 1 saturated carbocycles. The summed E-state index contributed by atoms with van der Waals surface area (Å²) in [5.41, 5.74) is 2.56. The SMILES string of the molecule is Cc1nc2c(c(=O)n1C(c1ccccc1)C1CC1)CCN(C(=O)Oc1ccc(Br)cc1)C2. The number of rotatable bonds is 4. The molecule has 0 spiro atoms. The third kappa shape index (κ3) is 4.09. The Morgan fingerprint density at radius 3 is 2.53 bits per heavy atom. The van der Waals surface area contributed by atoms with E-state index in [4.69, 9.17) is 9.72 Å². The molecule has 0 bridgehead atoms. The van der Waals surface area contributed by atoms with E-state index < -0.39 is 6.09 Å². The van der Waals surface area contributed by atoms with Crippen LogP contribution in [0.15, 0.2) is 63.9 Å². The van der Waals surface area contributed by atoms with Crippen molar-refractivity contribution in [2.75, 3.05) is 6.54 Å². The van der Waals surface area contributed by atoms with Crippen LogP contribution in [0.5, 0.6) is 5.75 Å². The first-order valence-electron chi connectivity index (χ1n) is 10.9. The normalized spacial score (nSPS) is 16.4. The van der Waals surface area contributed by atoms with Gasteiger partial charge in [0.05, 0.1) is 18.3 Å². The minimum atomic E-state index is -0.429. The summed E-state index contributed by atoms with van der Waals surface area (Å²) in [5, 5.41) is 0. The van der Waals surface area contributed by atoms with Crippen molar-refractivity contribution in [3.63, 3.8) is 0 Å². The molecular weight excluding hydrogens is 470 g/mol. The number of halogens is 1. The van der Waals surface area contributed by atoms with Crippen molar-refractivity contribution in [3.8, 4) is 5.75 Å². The van der Waals surface area contributed by atoms with E-state index in [2.05, 4.69) is 28.1 Å². The second kappa shape index (κ2) is 8.54. The molecule has 1 atom stereocenters. The zero-order valence-corrected chi connectivity index (χ0v) is 19.4. The van der Waals surface area contributed by atoms with Gasteiger partial charge in [-0.1, -0.05) is 46.3 Å². The van der Waals surface area contributed by atoms with Gasteiger partial charge in [-0.3, -0.25) is 9.36 Å². The molecule has 3 aromatic rings. The molecule has 164 valence electrons. The lowest BCUT2D eigenvalue weighted by Gasteiger charge is -2.29. The molecule has 0 radical (unpaired) electrons.